The first-order chi connectivity index (χ1) is 7.22. The van der Waals surface area contributed by atoms with Crippen LogP contribution < -0.4 is 11.1 Å². The Kier molecular flexibility index (Phi) is 2.42. The van der Waals surface area contributed by atoms with Gasteiger partial charge in [0.2, 0.25) is 0 Å². The first kappa shape index (κ1) is 9.72. The average molecular weight is 207 g/mol. The summed E-state index contributed by atoms with van der Waals surface area (Å²) >= 11 is 0. The summed E-state index contributed by atoms with van der Waals surface area (Å²) in [4.78, 5) is 4.28. The largest absolute Gasteiger partial charge is 0.395 e. The van der Waals surface area contributed by atoms with E-state index in [1.165, 1.54) is 0 Å². The van der Waals surface area contributed by atoms with Crippen molar-refractivity contribution in [3.63, 3.8) is 0 Å². The number of aromatic nitrogens is 3. The molecule has 0 aliphatic rings. The molecular weight excluding hydrogens is 194 g/mol. The zero-order valence-corrected chi connectivity index (χ0v) is 8.44. The molecule has 0 spiro atoms. The predicted molar refractivity (Wildman–Crippen MR) is 57.7 cm³/mol. The molecule has 4 N–H and O–H groups in total. The molecule has 2 aromatic rings. The molecule has 2 aromatic heterocycles. The first-order valence-electron chi connectivity index (χ1n) is 4.68. The molecule has 0 radical (unpaired) electrons. The monoisotopic (exact) mass is 207 g/mol. The van der Waals surface area contributed by atoms with E-state index in [9.17, 15) is 0 Å². The van der Waals surface area contributed by atoms with Crippen molar-refractivity contribution >= 4 is 17.2 Å². The zero-order valence-electron chi connectivity index (χ0n) is 8.44. The van der Waals surface area contributed by atoms with Gasteiger partial charge in [-0.2, -0.15) is 9.61 Å². The van der Waals surface area contributed by atoms with Crippen LogP contribution in [0.25, 0.3) is 5.65 Å². The Bertz CT molecular complexity index is 479. The Morgan fingerprint density at radius 2 is 2.40 bits per heavy atom. The molecule has 6 nitrogen and oxygen atoms in total. The smallest absolute Gasteiger partial charge is 0.180 e. The Morgan fingerprint density at radius 3 is 3.13 bits per heavy atom. The SMILES string of the molecule is Cc1cc(NCCO)n2ncc(N)c2n1. The second kappa shape index (κ2) is 3.74. The summed E-state index contributed by atoms with van der Waals surface area (Å²) in [7, 11) is 0. The molecule has 0 atom stereocenters. The molecule has 0 bridgehead atoms. The van der Waals surface area contributed by atoms with Crippen molar-refractivity contribution < 1.29 is 5.11 Å². The lowest BCUT2D eigenvalue weighted by atomic mass is 10.4. The van der Waals surface area contributed by atoms with Crippen LogP contribution in [0.5, 0.6) is 0 Å². The van der Waals surface area contributed by atoms with E-state index in [4.69, 9.17) is 10.8 Å². The summed E-state index contributed by atoms with van der Waals surface area (Å²) in [6.45, 7) is 2.43. The van der Waals surface area contributed by atoms with Crippen molar-refractivity contribution in [2.24, 2.45) is 0 Å². The number of fused-ring (bicyclic) bond motifs is 1. The van der Waals surface area contributed by atoms with Crippen LogP contribution in [0, 0.1) is 6.92 Å². The van der Waals surface area contributed by atoms with Crippen LogP contribution >= 0.6 is 0 Å². The van der Waals surface area contributed by atoms with Crippen molar-refractivity contribution in [3.8, 4) is 0 Å². The molecule has 0 aliphatic carbocycles. The maximum absolute atomic E-state index is 8.74. The number of nitrogens with one attached hydrogen (secondary N) is 1. The number of rotatable bonds is 3. The number of nitrogen functional groups attached to an aromatic ring is 1. The number of nitrogens with zero attached hydrogens (tertiary/aromatic N) is 3. The van der Waals surface area contributed by atoms with Crippen molar-refractivity contribution in [1.29, 1.82) is 0 Å². The Hall–Kier alpha value is -1.82. The van der Waals surface area contributed by atoms with E-state index in [1.807, 2.05) is 13.0 Å². The maximum Gasteiger partial charge on any atom is 0.180 e. The fourth-order valence-corrected chi connectivity index (χ4v) is 1.41. The fourth-order valence-electron chi connectivity index (χ4n) is 1.41. The van der Waals surface area contributed by atoms with Gasteiger partial charge in [0.15, 0.2) is 5.65 Å². The van der Waals surface area contributed by atoms with Gasteiger partial charge in [-0.05, 0) is 6.92 Å². The quantitative estimate of drug-likeness (QED) is 0.660. The molecule has 0 fully saturated rings. The summed E-state index contributed by atoms with van der Waals surface area (Å²) in [5, 5.41) is 15.9. The molecule has 0 aliphatic heterocycles. The third kappa shape index (κ3) is 1.71. The number of aliphatic hydroxyl groups excluding tert-OH is 1. The van der Waals surface area contributed by atoms with Gasteiger partial charge in [0.25, 0.3) is 0 Å². The van der Waals surface area contributed by atoms with Gasteiger partial charge >= 0.3 is 0 Å². The van der Waals surface area contributed by atoms with Crippen molar-refractivity contribution in [2.75, 3.05) is 24.2 Å². The van der Waals surface area contributed by atoms with Gasteiger partial charge in [-0.25, -0.2) is 4.98 Å². The van der Waals surface area contributed by atoms with Gasteiger partial charge in [-0.3, -0.25) is 0 Å². The number of anilines is 2. The highest BCUT2D eigenvalue weighted by molar-refractivity contribution is 5.66. The van der Waals surface area contributed by atoms with Crippen molar-refractivity contribution in [1.82, 2.24) is 14.6 Å². The highest BCUT2D eigenvalue weighted by atomic mass is 16.3. The van der Waals surface area contributed by atoms with Gasteiger partial charge in [0.1, 0.15) is 5.82 Å². The Morgan fingerprint density at radius 1 is 1.60 bits per heavy atom. The highest BCUT2D eigenvalue weighted by Crippen LogP contribution is 2.16. The van der Waals surface area contributed by atoms with Crippen molar-refractivity contribution in [3.05, 3.63) is 18.0 Å². The minimum Gasteiger partial charge on any atom is -0.395 e. The van der Waals surface area contributed by atoms with Crippen LogP contribution in [-0.2, 0) is 0 Å². The minimum atomic E-state index is 0.0691. The van der Waals surface area contributed by atoms with E-state index >= 15 is 0 Å². The molecule has 15 heavy (non-hydrogen) atoms. The number of hydrogen-bond acceptors (Lipinski definition) is 5. The van der Waals surface area contributed by atoms with E-state index in [-0.39, 0.29) is 6.61 Å². The summed E-state index contributed by atoms with van der Waals surface area (Å²) < 4.78 is 1.62. The summed E-state index contributed by atoms with van der Waals surface area (Å²) in [6.07, 6.45) is 1.56. The maximum atomic E-state index is 8.74. The lowest BCUT2D eigenvalue weighted by Gasteiger charge is -2.07. The number of hydrogen-bond donors (Lipinski definition) is 3. The molecule has 0 amide bonds. The molecule has 80 valence electrons. The van der Waals surface area contributed by atoms with Crippen LogP contribution in [0.1, 0.15) is 5.69 Å². The van der Waals surface area contributed by atoms with Crippen LogP contribution in [0.15, 0.2) is 12.3 Å². The summed E-state index contributed by atoms with van der Waals surface area (Å²) in [5.41, 5.74) is 7.76. The van der Waals surface area contributed by atoms with Crippen LogP contribution in [0.3, 0.4) is 0 Å². The average Bonchev–Trinajstić information content (AvgIpc) is 2.57. The highest BCUT2D eigenvalue weighted by Gasteiger charge is 2.06. The summed E-state index contributed by atoms with van der Waals surface area (Å²) in [6, 6.07) is 1.86. The molecule has 0 saturated carbocycles. The van der Waals surface area contributed by atoms with Gasteiger partial charge in [0, 0.05) is 18.3 Å². The molecule has 2 rings (SSSR count). The van der Waals surface area contributed by atoms with Gasteiger partial charge in [-0.1, -0.05) is 0 Å². The zero-order chi connectivity index (χ0) is 10.8. The van der Waals surface area contributed by atoms with E-state index in [0.29, 0.717) is 17.9 Å². The number of nitrogens with two attached hydrogens (primary N) is 1. The lowest BCUT2D eigenvalue weighted by Crippen LogP contribution is -2.10. The number of aryl methyl sites for hydroxylation is 1. The van der Waals surface area contributed by atoms with Gasteiger partial charge in [0.05, 0.1) is 18.5 Å². The van der Waals surface area contributed by atoms with Crippen molar-refractivity contribution in [2.45, 2.75) is 6.92 Å². The van der Waals surface area contributed by atoms with E-state index < -0.39 is 0 Å². The second-order valence-electron chi connectivity index (χ2n) is 3.27. The molecule has 2 heterocycles. The fraction of sp³-hybridized carbons (Fsp3) is 0.333. The normalized spacial score (nSPS) is 10.8. The van der Waals surface area contributed by atoms with E-state index in [0.717, 1.165) is 11.5 Å². The van der Waals surface area contributed by atoms with E-state index in [2.05, 4.69) is 15.4 Å². The summed E-state index contributed by atoms with van der Waals surface area (Å²) in [5.74, 6) is 0.781. The van der Waals surface area contributed by atoms with Crippen LogP contribution in [-0.4, -0.2) is 32.9 Å². The standard InChI is InChI=1S/C9H13N5O/c1-6-4-8(11-2-3-15)14-9(13-6)7(10)5-12-14/h4-5,11,15H,2-3,10H2,1H3. The Labute approximate surface area is 86.7 Å². The third-order valence-electron chi connectivity index (χ3n) is 2.05. The molecule has 0 saturated heterocycles. The minimum absolute atomic E-state index is 0.0691. The second-order valence-corrected chi connectivity index (χ2v) is 3.27. The number of aliphatic hydroxyl groups is 1. The third-order valence-corrected chi connectivity index (χ3v) is 2.05. The molecular formula is C9H13N5O. The van der Waals surface area contributed by atoms with Crippen LogP contribution in [0.4, 0.5) is 11.5 Å². The topological polar surface area (TPSA) is 88.5 Å². The van der Waals surface area contributed by atoms with Gasteiger partial charge in [-0.15, -0.1) is 0 Å². The van der Waals surface area contributed by atoms with E-state index in [1.54, 1.807) is 10.7 Å². The predicted octanol–water partition coefficient (Wildman–Crippen LogP) is 0.0241. The molecule has 0 unspecified atom stereocenters. The molecule has 6 heteroatoms. The van der Waals surface area contributed by atoms with Crippen LogP contribution in [0.2, 0.25) is 0 Å². The molecule has 0 aromatic carbocycles. The lowest BCUT2D eigenvalue weighted by molar-refractivity contribution is 0.311. The Balaban J connectivity index is 2.52. The van der Waals surface area contributed by atoms with Gasteiger partial charge < -0.3 is 16.2 Å². The first-order valence-corrected chi connectivity index (χ1v) is 4.68.